The van der Waals surface area contributed by atoms with E-state index >= 15 is 0 Å². The molecule has 0 saturated heterocycles. The Bertz CT molecular complexity index is 610. The molecule has 0 aliphatic heterocycles. The fourth-order valence-corrected chi connectivity index (χ4v) is 2.43. The number of anilines is 1. The number of hydrogen-bond donors (Lipinski definition) is 3. The minimum atomic E-state index is -3.99. The lowest BCUT2D eigenvalue weighted by Crippen LogP contribution is -2.32. The standard InChI is InChI=1S/C13H18N2O5S/c1-3-14-12(16)8-10-4-6-11(7-5-10)15-21(19,20)9(2)13(17)18/h4-7,9,15H,3,8H2,1-2H3,(H,14,16)(H,17,18). The van der Waals surface area contributed by atoms with E-state index in [0.29, 0.717) is 6.54 Å². The van der Waals surface area contributed by atoms with Crippen molar-refractivity contribution >= 4 is 27.6 Å². The van der Waals surface area contributed by atoms with Crippen LogP contribution in [0.15, 0.2) is 24.3 Å². The normalized spacial score (nSPS) is 12.5. The highest BCUT2D eigenvalue weighted by atomic mass is 32.2. The number of rotatable bonds is 7. The predicted octanol–water partition coefficient (Wildman–Crippen LogP) is 0.580. The van der Waals surface area contributed by atoms with Crippen molar-refractivity contribution in [1.29, 1.82) is 0 Å². The molecular formula is C13H18N2O5S. The van der Waals surface area contributed by atoms with Gasteiger partial charge >= 0.3 is 5.97 Å². The minimum Gasteiger partial charge on any atom is -0.480 e. The number of carboxylic acid groups (broad SMARTS) is 1. The van der Waals surface area contributed by atoms with Crippen molar-refractivity contribution in [2.75, 3.05) is 11.3 Å². The highest BCUT2D eigenvalue weighted by molar-refractivity contribution is 7.94. The van der Waals surface area contributed by atoms with Crippen molar-refractivity contribution in [2.45, 2.75) is 25.5 Å². The van der Waals surface area contributed by atoms with E-state index in [4.69, 9.17) is 5.11 Å². The maximum absolute atomic E-state index is 11.7. The predicted molar refractivity (Wildman–Crippen MR) is 78.5 cm³/mol. The van der Waals surface area contributed by atoms with Crippen molar-refractivity contribution in [2.24, 2.45) is 0 Å². The number of nitrogens with one attached hydrogen (secondary N) is 2. The number of benzene rings is 1. The third-order valence-electron chi connectivity index (χ3n) is 2.77. The van der Waals surface area contributed by atoms with Crippen LogP contribution in [0.1, 0.15) is 19.4 Å². The number of aliphatic carboxylic acids is 1. The molecule has 1 amide bonds. The number of carboxylic acids is 1. The van der Waals surface area contributed by atoms with Crippen LogP contribution >= 0.6 is 0 Å². The van der Waals surface area contributed by atoms with E-state index in [1.54, 1.807) is 12.1 Å². The molecule has 8 heteroatoms. The van der Waals surface area contributed by atoms with Crippen molar-refractivity contribution < 1.29 is 23.1 Å². The van der Waals surface area contributed by atoms with Gasteiger partial charge in [0.1, 0.15) is 0 Å². The molecule has 0 bridgehead atoms. The summed E-state index contributed by atoms with van der Waals surface area (Å²) in [7, 11) is -3.99. The molecule has 0 radical (unpaired) electrons. The average Bonchev–Trinajstić information content (AvgIpc) is 2.40. The molecule has 1 aromatic carbocycles. The van der Waals surface area contributed by atoms with Gasteiger partial charge in [-0.2, -0.15) is 0 Å². The fraction of sp³-hybridized carbons (Fsp3) is 0.385. The molecule has 0 spiro atoms. The van der Waals surface area contributed by atoms with Gasteiger partial charge in [0, 0.05) is 12.2 Å². The lowest BCUT2D eigenvalue weighted by Gasteiger charge is -2.11. The lowest BCUT2D eigenvalue weighted by molar-refractivity contribution is -0.136. The van der Waals surface area contributed by atoms with Crippen molar-refractivity contribution in [3.63, 3.8) is 0 Å². The number of sulfonamides is 1. The first-order chi connectivity index (χ1) is 9.76. The van der Waals surface area contributed by atoms with Crippen LogP contribution in [0.2, 0.25) is 0 Å². The highest BCUT2D eigenvalue weighted by Gasteiger charge is 2.27. The fourth-order valence-electron chi connectivity index (χ4n) is 1.52. The van der Waals surface area contributed by atoms with Crippen LogP contribution in [0.3, 0.4) is 0 Å². The van der Waals surface area contributed by atoms with Crippen molar-refractivity contribution in [3.05, 3.63) is 29.8 Å². The van der Waals surface area contributed by atoms with Gasteiger partial charge in [-0.1, -0.05) is 12.1 Å². The molecule has 1 unspecified atom stereocenters. The first-order valence-corrected chi connectivity index (χ1v) is 7.91. The molecule has 3 N–H and O–H groups in total. The average molecular weight is 314 g/mol. The van der Waals surface area contributed by atoms with E-state index in [-0.39, 0.29) is 18.0 Å². The minimum absolute atomic E-state index is 0.120. The number of carbonyl (C=O) groups excluding carboxylic acids is 1. The largest absolute Gasteiger partial charge is 0.480 e. The van der Waals surface area contributed by atoms with Crippen molar-refractivity contribution in [1.82, 2.24) is 5.32 Å². The molecule has 21 heavy (non-hydrogen) atoms. The summed E-state index contributed by atoms with van der Waals surface area (Å²) in [6.45, 7) is 3.46. The monoisotopic (exact) mass is 314 g/mol. The molecule has 7 nitrogen and oxygen atoms in total. The van der Waals surface area contributed by atoms with Gasteiger partial charge in [-0.05, 0) is 31.5 Å². The second-order valence-electron chi connectivity index (χ2n) is 4.45. The van der Waals surface area contributed by atoms with E-state index in [0.717, 1.165) is 12.5 Å². The Morgan fingerprint density at radius 1 is 1.24 bits per heavy atom. The lowest BCUT2D eigenvalue weighted by atomic mass is 10.1. The zero-order chi connectivity index (χ0) is 16.0. The number of amides is 1. The maximum atomic E-state index is 11.7. The van der Waals surface area contributed by atoms with Gasteiger partial charge in [0.25, 0.3) is 0 Å². The third kappa shape index (κ3) is 5.07. The molecule has 0 aromatic heterocycles. The van der Waals surface area contributed by atoms with Gasteiger partial charge in [0.05, 0.1) is 6.42 Å². The van der Waals surface area contributed by atoms with Gasteiger partial charge in [0.2, 0.25) is 15.9 Å². The van der Waals surface area contributed by atoms with Crippen LogP contribution in [-0.2, 0) is 26.0 Å². The maximum Gasteiger partial charge on any atom is 0.323 e. The summed E-state index contributed by atoms with van der Waals surface area (Å²) >= 11 is 0. The second-order valence-corrected chi connectivity index (χ2v) is 6.46. The molecule has 0 aliphatic rings. The Morgan fingerprint density at radius 2 is 1.81 bits per heavy atom. The van der Waals surface area contributed by atoms with E-state index in [1.165, 1.54) is 12.1 Å². The van der Waals surface area contributed by atoms with E-state index in [2.05, 4.69) is 10.0 Å². The van der Waals surface area contributed by atoms with E-state index in [9.17, 15) is 18.0 Å². The van der Waals surface area contributed by atoms with Gasteiger partial charge in [0.15, 0.2) is 5.25 Å². The van der Waals surface area contributed by atoms with Crippen LogP contribution in [0.4, 0.5) is 5.69 Å². The van der Waals surface area contributed by atoms with E-state index in [1.807, 2.05) is 6.92 Å². The number of carbonyl (C=O) groups is 2. The smallest absolute Gasteiger partial charge is 0.323 e. The van der Waals surface area contributed by atoms with Crippen LogP contribution in [0.25, 0.3) is 0 Å². The molecule has 0 heterocycles. The summed E-state index contributed by atoms with van der Waals surface area (Å²) < 4.78 is 25.7. The summed E-state index contributed by atoms with van der Waals surface area (Å²) in [5, 5.41) is 9.84. The summed E-state index contributed by atoms with van der Waals surface area (Å²) in [5.41, 5.74) is 0.984. The van der Waals surface area contributed by atoms with Gasteiger partial charge in [-0.3, -0.25) is 14.3 Å². The van der Waals surface area contributed by atoms with Crippen LogP contribution in [-0.4, -0.2) is 37.2 Å². The first-order valence-electron chi connectivity index (χ1n) is 6.36. The van der Waals surface area contributed by atoms with Crippen molar-refractivity contribution in [3.8, 4) is 0 Å². The Labute approximate surface area is 123 Å². The van der Waals surface area contributed by atoms with Gasteiger partial charge in [-0.15, -0.1) is 0 Å². The Hall–Kier alpha value is -2.09. The van der Waals surface area contributed by atoms with E-state index < -0.39 is 21.2 Å². The zero-order valence-electron chi connectivity index (χ0n) is 11.8. The quantitative estimate of drug-likeness (QED) is 0.681. The molecule has 116 valence electrons. The molecule has 1 aromatic rings. The van der Waals surface area contributed by atoms with Crippen LogP contribution in [0, 0.1) is 0 Å². The zero-order valence-corrected chi connectivity index (χ0v) is 12.6. The molecular weight excluding hydrogens is 296 g/mol. The Balaban J connectivity index is 2.75. The topological polar surface area (TPSA) is 113 Å². The molecule has 1 rings (SSSR count). The van der Waals surface area contributed by atoms with Gasteiger partial charge < -0.3 is 10.4 Å². The summed E-state index contributed by atoms with van der Waals surface area (Å²) in [6.07, 6.45) is 0.201. The second kappa shape index (κ2) is 7.07. The first kappa shape index (κ1) is 17.0. The Morgan fingerprint density at radius 3 is 2.29 bits per heavy atom. The number of likely N-dealkylation sites (N-methyl/N-ethyl adjacent to an activating group) is 1. The molecule has 0 fully saturated rings. The summed E-state index contributed by atoms with van der Waals surface area (Å²) in [6, 6.07) is 6.19. The molecule has 0 aliphatic carbocycles. The van der Waals surface area contributed by atoms with Gasteiger partial charge in [-0.25, -0.2) is 8.42 Å². The van der Waals surface area contributed by atoms with Crippen LogP contribution < -0.4 is 10.0 Å². The number of hydrogen-bond acceptors (Lipinski definition) is 4. The molecule has 0 saturated carbocycles. The highest BCUT2D eigenvalue weighted by Crippen LogP contribution is 2.14. The Kier molecular flexibility index (Phi) is 5.71. The summed E-state index contributed by atoms with van der Waals surface area (Å²) in [5.74, 6) is -1.54. The third-order valence-corrected chi connectivity index (χ3v) is 4.42. The SMILES string of the molecule is CCNC(=O)Cc1ccc(NS(=O)(=O)C(C)C(=O)O)cc1. The molecule has 1 atom stereocenters. The summed E-state index contributed by atoms with van der Waals surface area (Å²) in [4.78, 5) is 22.1. The van der Waals surface area contributed by atoms with Crippen LogP contribution in [0.5, 0.6) is 0 Å².